The van der Waals surface area contributed by atoms with Crippen molar-refractivity contribution in [1.29, 1.82) is 0 Å². The van der Waals surface area contributed by atoms with Crippen LogP contribution in [0.1, 0.15) is 6.92 Å². The summed E-state index contributed by atoms with van der Waals surface area (Å²) in [5.41, 5.74) is 6.52. The summed E-state index contributed by atoms with van der Waals surface area (Å²) in [5, 5.41) is 0. The highest BCUT2D eigenvalue weighted by molar-refractivity contribution is 5.24. The third-order valence-electron chi connectivity index (χ3n) is 1.77. The predicted molar refractivity (Wildman–Crippen MR) is 38.9 cm³/mol. The first kappa shape index (κ1) is 7.44. The summed E-state index contributed by atoms with van der Waals surface area (Å²) in [6, 6.07) is -0.289. The molecule has 0 aromatic heterocycles. The van der Waals surface area contributed by atoms with Crippen LogP contribution in [0.5, 0.6) is 0 Å². The second-order valence-electron chi connectivity index (χ2n) is 2.65. The monoisotopic (exact) mass is 142 g/mol. The van der Waals surface area contributed by atoms with Gasteiger partial charge in [-0.2, -0.15) is 0 Å². The molecule has 2 atom stereocenters. The highest BCUT2D eigenvalue weighted by atomic mass is 19.2. The Morgan fingerprint density at radius 3 is 2.70 bits per heavy atom. The molecule has 1 aliphatic rings. The van der Waals surface area contributed by atoms with Crippen LogP contribution < -0.4 is 11.3 Å². The van der Waals surface area contributed by atoms with Crippen molar-refractivity contribution in [2.45, 2.75) is 18.5 Å². The average molecular weight is 142 g/mol. The number of hydrogen-bond acceptors (Lipinski definition) is 2. The lowest BCUT2D eigenvalue weighted by Gasteiger charge is -2.29. The van der Waals surface area contributed by atoms with Gasteiger partial charge in [-0.3, -0.25) is 0 Å². The first-order valence-corrected chi connectivity index (χ1v) is 3.18. The second kappa shape index (κ2) is 2.52. The van der Waals surface area contributed by atoms with Crippen molar-refractivity contribution in [2.24, 2.45) is 5.73 Å². The van der Waals surface area contributed by atoms with E-state index in [1.807, 2.05) is 6.08 Å². The van der Waals surface area contributed by atoms with Crippen molar-refractivity contribution >= 4 is 0 Å². The molecule has 0 spiro atoms. The number of nitrogens with one attached hydrogen (secondary N) is 1. The van der Waals surface area contributed by atoms with Gasteiger partial charge in [-0.15, -0.1) is 10.0 Å². The number of halogens is 1. The largest absolute Gasteiger partial charge is 0.323 e. The van der Waals surface area contributed by atoms with E-state index in [-0.39, 0.29) is 6.04 Å². The van der Waals surface area contributed by atoms with E-state index >= 15 is 0 Å². The van der Waals surface area contributed by atoms with Crippen molar-refractivity contribution in [2.75, 3.05) is 0 Å². The Labute approximate surface area is 59.5 Å². The van der Waals surface area contributed by atoms with Gasteiger partial charge >= 0.3 is 0 Å². The fraction of sp³-hybridized carbons (Fsp3) is 0.429. The van der Waals surface area contributed by atoms with Crippen LogP contribution in [-0.2, 0) is 0 Å². The standard InChI is InChI=1S/C7H11FN2/c1-7(10-8)5-3-2-4-6(7)9/h2-6,10H,9H2,1H3. The molecule has 0 aliphatic heterocycles. The zero-order valence-corrected chi connectivity index (χ0v) is 5.84. The van der Waals surface area contributed by atoms with Crippen molar-refractivity contribution in [1.82, 2.24) is 5.54 Å². The highest BCUT2D eigenvalue weighted by Crippen LogP contribution is 2.15. The van der Waals surface area contributed by atoms with Crippen LogP contribution >= 0.6 is 0 Å². The summed E-state index contributed by atoms with van der Waals surface area (Å²) in [6.07, 6.45) is 7.05. The van der Waals surface area contributed by atoms with Gasteiger partial charge in [0.2, 0.25) is 0 Å². The zero-order valence-electron chi connectivity index (χ0n) is 5.84. The molecule has 0 saturated heterocycles. The third-order valence-corrected chi connectivity index (χ3v) is 1.77. The molecule has 2 nitrogen and oxygen atoms in total. The quantitative estimate of drug-likeness (QED) is 0.528. The van der Waals surface area contributed by atoms with E-state index in [0.29, 0.717) is 0 Å². The molecule has 0 saturated carbocycles. The highest BCUT2D eigenvalue weighted by Gasteiger charge is 2.28. The van der Waals surface area contributed by atoms with Gasteiger partial charge in [-0.05, 0) is 6.92 Å². The van der Waals surface area contributed by atoms with Crippen LogP contribution in [0, 0.1) is 0 Å². The molecular weight excluding hydrogens is 131 g/mol. The molecule has 10 heavy (non-hydrogen) atoms. The number of hydrogen-bond donors (Lipinski definition) is 2. The van der Waals surface area contributed by atoms with Gasteiger partial charge in [-0.25, -0.2) is 0 Å². The van der Waals surface area contributed by atoms with Gasteiger partial charge in [0.05, 0.1) is 5.54 Å². The van der Waals surface area contributed by atoms with E-state index in [0.717, 1.165) is 0 Å². The molecule has 56 valence electrons. The average Bonchev–Trinajstić information content (AvgIpc) is 1.96. The maximum atomic E-state index is 12.1. The molecule has 0 heterocycles. The summed E-state index contributed by atoms with van der Waals surface area (Å²) in [7, 11) is 0. The minimum atomic E-state index is -0.727. The molecular formula is C7H11FN2. The minimum Gasteiger partial charge on any atom is -0.323 e. The second-order valence-corrected chi connectivity index (χ2v) is 2.65. The summed E-state index contributed by atoms with van der Waals surface area (Å²) in [5.74, 6) is 0. The Balaban J connectivity index is 2.77. The van der Waals surface area contributed by atoms with Crippen molar-refractivity contribution in [3.63, 3.8) is 0 Å². The predicted octanol–water partition coefficient (Wildman–Crippen LogP) is 0.673. The molecule has 3 N–H and O–H groups in total. The normalized spacial score (nSPS) is 38.5. The molecule has 0 bridgehead atoms. The summed E-state index contributed by atoms with van der Waals surface area (Å²) >= 11 is 0. The van der Waals surface area contributed by atoms with Gasteiger partial charge in [0.25, 0.3) is 0 Å². The number of nitrogens with two attached hydrogens (primary N) is 1. The lowest BCUT2D eigenvalue weighted by molar-refractivity contribution is 0.211. The molecule has 2 unspecified atom stereocenters. The van der Waals surface area contributed by atoms with Crippen LogP contribution in [0.25, 0.3) is 0 Å². The van der Waals surface area contributed by atoms with Gasteiger partial charge < -0.3 is 5.73 Å². The SMILES string of the molecule is CC1(NF)C=CC=CC1N. The fourth-order valence-corrected chi connectivity index (χ4v) is 0.845. The maximum absolute atomic E-state index is 12.1. The topological polar surface area (TPSA) is 38.0 Å². The van der Waals surface area contributed by atoms with Gasteiger partial charge in [0.1, 0.15) is 0 Å². The van der Waals surface area contributed by atoms with E-state index in [9.17, 15) is 4.48 Å². The molecule has 3 heteroatoms. The van der Waals surface area contributed by atoms with Crippen molar-refractivity contribution in [3.8, 4) is 0 Å². The van der Waals surface area contributed by atoms with Crippen LogP contribution in [-0.4, -0.2) is 11.6 Å². The Kier molecular flexibility index (Phi) is 1.87. The van der Waals surface area contributed by atoms with Crippen LogP contribution in [0.4, 0.5) is 4.48 Å². The van der Waals surface area contributed by atoms with E-state index in [2.05, 4.69) is 0 Å². The third kappa shape index (κ3) is 1.10. The Morgan fingerprint density at radius 2 is 2.30 bits per heavy atom. The molecule has 0 fully saturated rings. The van der Waals surface area contributed by atoms with Crippen molar-refractivity contribution in [3.05, 3.63) is 24.3 Å². The maximum Gasteiger partial charge on any atom is 0.0822 e. The van der Waals surface area contributed by atoms with E-state index < -0.39 is 5.54 Å². The van der Waals surface area contributed by atoms with Gasteiger partial charge in [-0.1, -0.05) is 24.3 Å². The lowest BCUT2D eigenvalue weighted by Crippen LogP contribution is -2.51. The summed E-state index contributed by atoms with van der Waals surface area (Å²) in [4.78, 5) is 0. The minimum absolute atomic E-state index is 0.289. The molecule has 0 radical (unpaired) electrons. The van der Waals surface area contributed by atoms with Crippen LogP contribution in [0.3, 0.4) is 0 Å². The molecule has 1 aliphatic carbocycles. The summed E-state index contributed by atoms with van der Waals surface area (Å²) in [6.45, 7) is 1.71. The van der Waals surface area contributed by atoms with E-state index in [1.54, 1.807) is 30.7 Å². The van der Waals surface area contributed by atoms with Crippen molar-refractivity contribution < 1.29 is 4.48 Å². The fourth-order valence-electron chi connectivity index (χ4n) is 0.845. The van der Waals surface area contributed by atoms with Gasteiger partial charge in [0.15, 0.2) is 0 Å². The van der Waals surface area contributed by atoms with E-state index in [1.165, 1.54) is 0 Å². The number of rotatable bonds is 1. The molecule has 0 amide bonds. The smallest absolute Gasteiger partial charge is 0.0822 e. The van der Waals surface area contributed by atoms with Gasteiger partial charge in [0, 0.05) is 6.04 Å². The lowest BCUT2D eigenvalue weighted by atomic mass is 9.90. The number of allylic oxidation sites excluding steroid dienone is 2. The first-order chi connectivity index (χ1) is 4.69. The Bertz CT molecular complexity index is 176. The van der Waals surface area contributed by atoms with Crippen LogP contribution in [0.15, 0.2) is 24.3 Å². The molecule has 0 aromatic rings. The first-order valence-electron chi connectivity index (χ1n) is 3.18. The van der Waals surface area contributed by atoms with Crippen LogP contribution in [0.2, 0.25) is 0 Å². The summed E-state index contributed by atoms with van der Waals surface area (Å²) < 4.78 is 12.1. The molecule has 1 rings (SSSR count). The Morgan fingerprint density at radius 1 is 1.60 bits per heavy atom. The Hall–Kier alpha value is -0.670. The zero-order chi connectivity index (χ0) is 7.61. The molecule has 0 aromatic carbocycles. The van der Waals surface area contributed by atoms with E-state index in [4.69, 9.17) is 5.73 Å².